The number of imidazole rings is 1. The maximum absolute atomic E-state index is 13.0. The van der Waals surface area contributed by atoms with Gasteiger partial charge in [-0.1, -0.05) is 32.6 Å². The standard InChI is InChI=1S/C28H36N6O2/c1-19(35)34-15-13-28(14-16-34,33(5)6)21-7-8-23(31-26(36)25-30-18-24(29-4)32-25)22(17-21)20-9-11-27(2,3)12-10-20/h7-9,17-18H,10-16H2,1-3,5-6H3,(H,30,32)(H,31,36). The van der Waals surface area contributed by atoms with Crippen molar-refractivity contribution < 1.29 is 9.59 Å². The number of rotatable bonds is 5. The van der Waals surface area contributed by atoms with Gasteiger partial charge in [0.25, 0.3) is 5.82 Å². The molecule has 190 valence electrons. The molecule has 2 aromatic rings. The first-order valence-electron chi connectivity index (χ1n) is 12.6. The van der Waals surface area contributed by atoms with E-state index < -0.39 is 0 Å². The third-order valence-electron chi connectivity index (χ3n) is 7.91. The fourth-order valence-electron chi connectivity index (χ4n) is 5.38. The van der Waals surface area contributed by atoms with Crippen molar-refractivity contribution in [1.82, 2.24) is 19.8 Å². The van der Waals surface area contributed by atoms with Crippen molar-refractivity contribution in [2.24, 2.45) is 5.41 Å². The van der Waals surface area contributed by atoms with Crippen LogP contribution in [0.2, 0.25) is 0 Å². The zero-order valence-corrected chi connectivity index (χ0v) is 21.9. The van der Waals surface area contributed by atoms with Gasteiger partial charge < -0.3 is 15.1 Å². The van der Waals surface area contributed by atoms with E-state index in [2.05, 4.69) is 71.2 Å². The quantitative estimate of drug-likeness (QED) is 0.566. The number of aromatic nitrogens is 2. The number of carbonyl (C=O) groups excluding carboxylic acids is 2. The van der Waals surface area contributed by atoms with Crippen molar-refractivity contribution in [1.29, 1.82) is 0 Å². The average Bonchev–Trinajstić information content (AvgIpc) is 3.34. The fraction of sp³-hybridized carbons (Fsp3) is 0.500. The van der Waals surface area contributed by atoms with Gasteiger partial charge in [0.15, 0.2) is 0 Å². The minimum Gasteiger partial charge on any atom is -0.363 e. The number of allylic oxidation sites excluding steroid dienone is 2. The van der Waals surface area contributed by atoms with Crippen LogP contribution >= 0.6 is 0 Å². The number of hydrogen-bond acceptors (Lipinski definition) is 4. The third-order valence-corrected chi connectivity index (χ3v) is 7.91. The zero-order chi connectivity index (χ0) is 26.1. The largest absolute Gasteiger partial charge is 0.363 e. The monoisotopic (exact) mass is 488 g/mol. The molecule has 0 saturated carbocycles. The summed E-state index contributed by atoms with van der Waals surface area (Å²) in [5, 5.41) is 3.03. The van der Waals surface area contributed by atoms with Crippen molar-refractivity contribution in [2.45, 2.75) is 58.4 Å². The Kier molecular flexibility index (Phi) is 7.05. The second-order valence-corrected chi connectivity index (χ2v) is 11.0. The summed E-state index contributed by atoms with van der Waals surface area (Å²) in [5.74, 6) is 0.108. The van der Waals surface area contributed by atoms with E-state index in [-0.39, 0.29) is 34.4 Å². The third kappa shape index (κ3) is 5.07. The number of likely N-dealkylation sites (tertiary alicyclic amines) is 1. The number of hydrogen-bond donors (Lipinski definition) is 2. The molecule has 1 fully saturated rings. The van der Waals surface area contributed by atoms with Gasteiger partial charge in [-0.2, -0.15) is 0 Å². The highest BCUT2D eigenvalue weighted by Crippen LogP contribution is 2.43. The Hall–Kier alpha value is -3.44. The van der Waals surface area contributed by atoms with Crippen molar-refractivity contribution in [3.8, 4) is 0 Å². The lowest BCUT2D eigenvalue weighted by Gasteiger charge is -2.46. The van der Waals surface area contributed by atoms with E-state index in [1.54, 1.807) is 6.92 Å². The highest BCUT2D eigenvalue weighted by molar-refractivity contribution is 6.03. The van der Waals surface area contributed by atoms with E-state index in [0.29, 0.717) is 0 Å². The maximum atomic E-state index is 13.0. The minimum atomic E-state index is -0.368. The summed E-state index contributed by atoms with van der Waals surface area (Å²) in [6, 6.07) is 6.32. The van der Waals surface area contributed by atoms with Gasteiger partial charge in [-0.25, -0.2) is 4.98 Å². The average molecular weight is 489 g/mol. The molecule has 1 aromatic carbocycles. The van der Waals surface area contributed by atoms with Crippen LogP contribution in [-0.2, 0) is 10.3 Å². The molecule has 1 saturated heterocycles. The second kappa shape index (κ2) is 9.90. The van der Waals surface area contributed by atoms with Crippen molar-refractivity contribution >= 4 is 28.9 Å². The van der Waals surface area contributed by atoms with E-state index >= 15 is 0 Å². The van der Waals surface area contributed by atoms with E-state index in [1.807, 2.05) is 11.0 Å². The molecule has 0 radical (unpaired) electrons. The highest BCUT2D eigenvalue weighted by atomic mass is 16.2. The molecule has 0 unspecified atom stereocenters. The summed E-state index contributed by atoms with van der Waals surface area (Å²) in [7, 11) is 4.21. The summed E-state index contributed by atoms with van der Waals surface area (Å²) in [5.41, 5.74) is 4.28. The van der Waals surface area contributed by atoms with Gasteiger partial charge in [0, 0.05) is 36.8 Å². The number of piperidine rings is 1. The normalized spacial score (nSPS) is 18.9. The zero-order valence-electron chi connectivity index (χ0n) is 21.9. The first kappa shape index (κ1) is 25.6. The predicted octanol–water partition coefficient (Wildman–Crippen LogP) is 5.21. The van der Waals surface area contributed by atoms with E-state index in [9.17, 15) is 9.59 Å². The Labute approximate surface area is 213 Å². The van der Waals surface area contributed by atoms with Crippen LogP contribution in [0.5, 0.6) is 0 Å². The lowest BCUT2D eigenvalue weighted by Crippen LogP contribution is -2.51. The number of aromatic amines is 1. The molecule has 8 nitrogen and oxygen atoms in total. The van der Waals surface area contributed by atoms with Crippen LogP contribution in [0.1, 0.15) is 74.6 Å². The first-order chi connectivity index (χ1) is 17.0. The maximum Gasteiger partial charge on any atom is 0.314 e. The lowest BCUT2D eigenvalue weighted by molar-refractivity contribution is -0.131. The predicted molar refractivity (Wildman–Crippen MR) is 142 cm³/mol. The number of amides is 2. The number of anilines is 1. The van der Waals surface area contributed by atoms with Gasteiger partial charge in [-0.15, -0.1) is 0 Å². The summed E-state index contributed by atoms with van der Waals surface area (Å²) in [6.45, 7) is 14.8. The van der Waals surface area contributed by atoms with Gasteiger partial charge in [0.05, 0.1) is 6.20 Å². The number of benzene rings is 1. The molecular formula is C28H36N6O2. The minimum absolute atomic E-state index is 0.121. The Balaban J connectivity index is 1.72. The molecule has 2 amide bonds. The Morgan fingerprint density at radius 2 is 1.92 bits per heavy atom. The van der Waals surface area contributed by atoms with Crippen molar-refractivity contribution in [2.75, 3.05) is 32.5 Å². The highest BCUT2D eigenvalue weighted by Gasteiger charge is 2.39. The summed E-state index contributed by atoms with van der Waals surface area (Å²) in [4.78, 5) is 39.2. The van der Waals surface area contributed by atoms with Gasteiger partial charge >= 0.3 is 5.91 Å². The van der Waals surface area contributed by atoms with E-state index in [1.165, 1.54) is 17.3 Å². The summed E-state index contributed by atoms with van der Waals surface area (Å²) < 4.78 is 0. The van der Waals surface area contributed by atoms with E-state index in [0.717, 1.165) is 56.4 Å². The van der Waals surface area contributed by atoms with Crippen LogP contribution in [0.25, 0.3) is 10.4 Å². The molecule has 2 aliphatic rings. The molecule has 1 aromatic heterocycles. The molecule has 1 aliphatic carbocycles. The molecule has 0 bridgehead atoms. The van der Waals surface area contributed by atoms with Crippen LogP contribution in [-0.4, -0.2) is 58.8 Å². The molecule has 0 spiro atoms. The van der Waals surface area contributed by atoms with Crippen LogP contribution in [0.15, 0.2) is 30.5 Å². The van der Waals surface area contributed by atoms with Gasteiger partial charge in [-0.05, 0) is 74.9 Å². The summed E-state index contributed by atoms with van der Waals surface area (Å²) >= 11 is 0. The molecular weight excluding hydrogens is 452 g/mol. The smallest absolute Gasteiger partial charge is 0.314 e. The topological polar surface area (TPSA) is 85.7 Å². The molecule has 2 N–H and O–H groups in total. The van der Waals surface area contributed by atoms with Gasteiger partial charge in [0.1, 0.15) is 0 Å². The Morgan fingerprint density at radius 1 is 1.19 bits per heavy atom. The number of carbonyl (C=O) groups is 2. The number of nitrogens with zero attached hydrogens (tertiary/aromatic N) is 4. The van der Waals surface area contributed by atoms with Gasteiger partial charge in [-0.3, -0.25) is 19.5 Å². The van der Waals surface area contributed by atoms with Crippen LogP contribution in [0, 0.1) is 12.0 Å². The van der Waals surface area contributed by atoms with Crippen LogP contribution in [0.4, 0.5) is 11.5 Å². The number of H-pyrrole nitrogens is 1. The molecule has 0 atom stereocenters. The van der Waals surface area contributed by atoms with Crippen molar-refractivity contribution in [3.05, 3.63) is 58.8 Å². The fourth-order valence-corrected chi connectivity index (χ4v) is 5.38. The molecule has 2 heterocycles. The molecule has 36 heavy (non-hydrogen) atoms. The summed E-state index contributed by atoms with van der Waals surface area (Å²) in [6.07, 6.45) is 8.38. The lowest BCUT2D eigenvalue weighted by atomic mass is 9.75. The van der Waals surface area contributed by atoms with Crippen LogP contribution < -0.4 is 5.32 Å². The van der Waals surface area contributed by atoms with Gasteiger partial charge in [0.2, 0.25) is 11.7 Å². The Morgan fingerprint density at radius 3 is 2.47 bits per heavy atom. The SMILES string of the molecule is [C-]#[N+]c1cnc(C(=O)Nc2ccc(C3(N(C)C)CCN(C(C)=O)CC3)cc2C2=CCC(C)(C)CC2)[nH]1. The number of nitrogens with one attached hydrogen (secondary N) is 2. The van der Waals surface area contributed by atoms with E-state index in [4.69, 9.17) is 6.57 Å². The molecule has 1 aliphatic heterocycles. The first-order valence-corrected chi connectivity index (χ1v) is 12.6. The molecule has 8 heteroatoms. The van der Waals surface area contributed by atoms with Crippen LogP contribution in [0.3, 0.4) is 0 Å². The molecule has 4 rings (SSSR count). The van der Waals surface area contributed by atoms with Crippen molar-refractivity contribution in [3.63, 3.8) is 0 Å². The Bertz CT molecular complexity index is 1220. The second-order valence-electron chi connectivity index (χ2n) is 11.0.